The Bertz CT molecular complexity index is 1120. The molecule has 2 aromatic heterocycles. The SMILES string of the molecule is CC#CCCn1nc(C)c(O)c1/C(N)=N/C(N)=Nc1cnc(C)cc1C(=N)C(N)=O. The molecule has 0 saturated heterocycles. The number of rotatable bonds is 6. The minimum absolute atomic E-state index is 0.106. The number of carbonyl (C=O) groups is 1. The summed E-state index contributed by atoms with van der Waals surface area (Å²) in [5.41, 5.74) is 18.1. The first kappa shape index (κ1) is 22.1. The van der Waals surface area contributed by atoms with Crippen LogP contribution in [0.4, 0.5) is 5.69 Å². The van der Waals surface area contributed by atoms with Gasteiger partial charge in [-0.3, -0.25) is 19.9 Å². The number of amidine groups is 1. The van der Waals surface area contributed by atoms with E-state index in [1.165, 1.54) is 16.9 Å². The molecule has 0 spiro atoms. The van der Waals surface area contributed by atoms with Crippen molar-refractivity contribution in [3.63, 3.8) is 0 Å². The molecular weight excluding hydrogens is 386 g/mol. The van der Waals surface area contributed by atoms with E-state index in [-0.39, 0.29) is 34.5 Å². The second kappa shape index (κ2) is 9.33. The monoisotopic (exact) mass is 409 g/mol. The fourth-order valence-electron chi connectivity index (χ4n) is 2.57. The van der Waals surface area contributed by atoms with E-state index >= 15 is 0 Å². The number of aliphatic imine (C=N–C) groups is 2. The average molecular weight is 409 g/mol. The Kier molecular flexibility index (Phi) is 6.87. The minimum atomic E-state index is -0.918. The number of nitrogens with one attached hydrogen (secondary N) is 1. The van der Waals surface area contributed by atoms with E-state index in [1.54, 1.807) is 20.8 Å². The molecule has 0 aromatic carbocycles. The maximum absolute atomic E-state index is 11.4. The predicted molar refractivity (Wildman–Crippen MR) is 114 cm³/mol. The van der Waals surface area contributed by atoms with E-state index in [9.17, 15) is 9.90 Å². The molecule has 30 heavy (non-hydrogen) atoms. The molecule has 0 fully saturated rings. The first-order valence-electron chi connectivity index (χ1n) is 8.85. The summed E-state index contributed by atoms with van der Waals surface area (Å²) in [5, 5.41) is 22.4. The predicted octanol–water partition coefficient (Wildman–Crippen LogP) is 0.219. The summed E-state index contributed by atoms with van der Waals surface area (Å²) in [6, 6.07) is 1.49. The number of nitrogens with two attached hydrogens (primary N) is 3. The van der Waals surface area contributed by atoms with Crippen molar-refractivity contribution in [2.45, 2.75) is 33.7 Å². The van der Waals surface area contributed by atoms with Crippen LogP contribution < -0.4 is 17.2 Å². The van der Waals surface area contributed by atoms with Gasteiger partial charge in [0.05, 0.1) is 18.4 Å². The quantitative estimate of drug-likeness (QED) is 0.257. The van der Waals surface area contributed by atoms with Crippen LogP contribution in [0.1, 0.15) is 36.0 Å². The Labute approximate surface area is 173 Å². The lowest BCUT2D eigenvalue weighted by molar-refractivity contribution is -0.112. The summed E-state index contributed by atoms with van der Waals surface area (Å²) in [6.07, 6.45) is 1.85. The highest BCUT2D eigenvalue weighted by molar-refractivity contribution is 6.44. The van der Waals surface area contributed by atoms with Gasteiger partial charge in [0.1, 0.15) is 17.1 Å². The number of hydrogen-bond acceptors (Lipinski definition) is 6. The zero-order valence-electron chi connectivity index (χ0n) is 16.9. The van der Waals surface area contributed by atoms with Crippen molar-refractivity contribution in [2.24, 2.45) is 27.2 Å². The number of hydrogen-bond donors (Lipinski definition) is 5. The molecule has 8 N–H and O–H groups in total. The first-order valence-corrected chi connectivity index (χ1v) is 8.85. The normalized spacial score (nSPS) is 11.7. The number of guanidine groups is 1. The number of aromatic hydroxyl groups is 1. The lowest BCUT2D eigenvalue weighted by Crippen LogP contribution is -2.24. The van der Waals surface area contributed by atoms with E-state index in [2.05, 4.69) is 31.9 Å². The van der Waals surface area contributed by atoms with Gasteiger partial charge in [-0.15, -0.1) is 11.8 Å². The van der Waals surface area contributed by atoms with Crippen LogP contribution in [0.25, 0.3) is 0 Å². The van der Waals surface area contributed by atoms with E-state index in [1.807, 2.05) is 0 Å². The first-order chi connectivity index (χ1) is 14.1. The van der Waals surface area contributed by atoms with Gasteiger partial charge in [-0.05, 0) is 26.8 Å². The zero-order chi connectivity index (χ0) is 22.4. The van der Waals surface area contributed by atoms with Gasteiger partial charge in [0.25, 0.3) is 5.91 Å². The van der Waals surface area contributed by atoms with Crippen LogP contribution >= 0.6 is 0 Å². The number of aromatic nitrogens is 3. The molecule has 0 atom stereocenters. The average Bonchev–Trinajstić information content (AvgIpc) is 2.96. The van der Waals surface area contributed by atoms with Gasteiger partial charge in [-0.2, -0.15) is 10.1 Å². The van der Waals surface area contributed by atoms with Gasteiger partial charge in [-0.1, -0.05) is 0 Å². The molecule has 0 radical (unpaired) electrons. The van der Waals surface area contributed by atoms with Crippen molar-refractivity contribution in [1.29, 1.82) is 5.41 Å². The van der Waals surface area contributed by atoms with Gasteiger partial charge in [0.2, 0.25) is 5.96 Å². The van der Waals surface area contributed by atoms with Crippen LogP contribution in [0.5, 0.6) is 5.75 Å². The molecule has 2 aromatic rings. The minimum Gasteiger partial charge on any atom is -0.504 e. The second-order valence-electron chi connectivity index (χ2n) is 6.23. The highest BCUT2D eigenvalue weighted by atomic mass is 16.3. The summed E-state index contributed by atoms with van der Waals surface area (Å²) >= 11 is 0. The standard InChI is InChI=1S/C19H23N9O2/c1-4-5-6-7-28-15(16(29)11(3)27-28)17(21)26-19(23)25-13-9-24-10(2)8-12(13)14(20)18(22)30/h8-9,20,29H,6-7H2,1-3H3,(H2,22,30)(H4,21,23,25,26). The molecule has 156 valence electrons. The van der Waals surface area contributed by atoms with Crippen molar-refractivity contribution in [1.82, 2.24) is 14.8 Å². The fourth-order valence-corrected chi connectivity index (χ4v) is 2.57. The third kappa shape index (κ3) is 4.99. The highest BCUT2D eigenvalue weighted by Gasteiger charge is 2.18. The largest absolute Gasteiger partial charge is 0.504 e. The molecule has 0 saturated carbocycles. The van der Waals surface area contributed by atoms with Crippen molar-refractivity contribution < 1.29 is 9.90 Å². The third-order valence-corrected chi connectivity index (χ3v) is 3.97. The second-order valence-corrected chi connectivity index (χ2v) is 6.23. The Morgan fingerprint density at radius 1 is 1.33 bits per heavy atom. The van der Waals surface area contributed by atoms with Gasteiger partial charge >= 0.3 is 0 Å². The van der Waals surface area contributed by atoms with E-state index in [4.69, 9.17) is 22.6 Å². The maximum Gasteiger partial charge on any atom is 0.267 e. The van der Waals surface area contributed by atoms with Gasteiger partial charge in [0, 0.05) is 17.7 Å². The zero-order valence-corrected chi connectivity index (χ0v) is 16.9. The van der Waals surface area contributed by atoms with E-state index in [0.717, 1.165) is 0 Å². The summed E-state index contributed by atoms with van der Waals surface area (Å²) in [5.74, 6) is 4.28. The molecule has 1 amide bonds. The number of aryl methyl sites for hydroxylation is 3. The van der Waals surface area contributed by atoms with Crippen molar-refractivity contribution in [2.75, 3.05) is 0 Å². The van der Waals surface area contributed by atoms with Gasteiger partial charge < -0.3 is 22.3 Å². The van der Waals surface area contributed by atoms with Crippen LogP contribution in [0, 0.1) is 31.1 Å². The van der Waals surface area contributed by atoms with Gasteiger partial charge in [0.15, 0.2) is 11.6 Å². The van der Waals surface area contributed by atoms with Crippen LogP contribution in [0.15, 0.2) is 22.2 Å². The Hall–Kier alpha value is -4.20. The topological polar surface area (TPSA) is 195 Å². The summed E-state index contributed by atoms with van der Waals surface area (Å²) in [7, 11) is 0. The molecule has 0 aliphatic rings. The number of nitrogens with zero attached hydrogens (tertiary/aromatic N) is 5. The molecule has 2 rings (SSSR count). The van der Waals surface area contributed by atoms with Crippen LogP contribution in [0.3, 0.4) is 0 Å². The Morgan fingerprint density at radius 3 is 2.67 bits per heavy atom. The van der Waals surface area contributed by atoms with Crippen LogP contribution in [0.2, 0.25) is 0 Å². The van der Waals surface area contributed by atoms with Crippen molar-refractivity contribution in [3.8, 4) is 17.6 Å². The number of primary amides is 1. The molecule has 11 nitrogen and oxygen atoms in total. The number of carbonyl (C=O) groups excluding carboxylic acids is 1. The molecule has 0 unspecified atom stereocenters. The maximum atomic E-state index is 11.4. The van der Waals surface area contributed by atoms with Crippen molar-refractivity contribution in [3.05, 3.63) is 34.9 Å². The molecule has 0 bridgehead atoms. The smallest absolute Gasteiger partial charge is 0.267 e. The molecule has 2 heterocycles. The fraction of sp³-hybridized carbons (Fsp3) is 0.263. The third-order valence-electron chi connectivity index (χ3n) is 3.97. The van der Waals surface area contributed by atoms with Gasteiger partial charge in [-0.25, -0.2) is 4.99 Å². The summed E-state index contributed by atoms with van der Waals surface area (Å²) in [6.45, 7) is 5.45. The molecule has 0 aliphatic carbocycles. The van der Waals surface area contributed by atoms with E-state index in [0.29, 0.717) is 24.4 Å². The Morgan fingerprint density at radius 2 is 2.03 bits per heavy atom. The Balaban J connectivity index is 2.45. The molecular formula is C19H23N9O2. The summed E-state index contributed by atoms with van der Waals surface area (Å²) in [4.78, 5) is 23.6. The van der Waals surface area contributed by atoms with Crippen LogP contribution in [-0.2, 0) is 11.3 Å². The number of amides is 1. The lowest BCUT2D eigenvalue weighted by atomic mass is 10.1. The van der Waals surface area contributed by atoms with Crippen molar-refractivity contribution >= 4 is 29.1 Å². The number of pyridine rings is 1. The summed E-state index contributed by atoms with van der Waals surface area (Å²) < 4.78 is 1.49. The lowest BCUT2D eigenvalue weighted by Gasteiger charge is -2.07. The highest BCUT2D eigenvalue weighted by Crippen LogP contribution is 2.22. The van der Waals surface area contributed by atoms with E-state index < -0.39 is 11.6 Å². The molecule has 0 aliphatic heterocycles. The van der Waals surface area contributed by atoms with Crippen LogP contribution in [-0.4, -0.2) is 43.3 Å². The molecule has 11 heteroatoms.